The number of aromatic nitrogens is 6. The summed E-state index contributed by atoms with van der Waals surface area (Å²) in [4.78, 5) is 0. The third kappa shape index (κ3) is 17.7. The molecule has 12 aromatic rings. The number of hydrogen-bond donors (Lipinski definition) is 0. The van der Waals surface area contributed by atoms with Gasteiger partial charge in [0, 0.05) is 119 Å². The second-order valence-corrected chi connectivity index (χ2v) is 23.8. The van der Waals surface area contributed by atoms with Crippen LogP contribution in [0.3, 0.4) is 0 Å². The van der Waals surface area contributed by atoms with Gasteiger partial charge in [0.1, 0.15) is 42.3 Å². The molecule has 0 unspecified atom stereocenters. The predicted molar refractivity (Wildman–Crippen MR) is 375 cm³/mol. The molecule has 456 valence electrons. The van der Waals surface area contributed by atoms with Crippen LogP contribution >= 0.6 is 0 Å². The maximum absolute atomic E-state index is 2.26. The Morgan fingerprint density at radius 3 is 1.07 bits per heavy atom. The third-order valence-electron chi connectivity index (χ3n) is 16.9. The minimum Gasteiger partial charge on any atom is -0.201 e. The van der Waals surface area contributed by atoms with Crippen LogP contribution in [0.1, 0.15) is 67.0 Å². The average molecular weight is 1190 g/mol. The van der Waals surface area contributed by atoms with E-state index in [1.165, 1.54) is 135 Å². The van der Waals surface area contributed by atoms with Gasteiger partial charge in [0.2, 0.25) is 34.2 Å². The van der Waals surface area contributed by atoms with E-state index in [1.54, 1.807) is 0 Å². The van der Waals surface area contributed by atoms with Crippen molar-refractivity contribution < 1.29 is 27.4 Å². The molecule has 0 saturated heterocycles. The molecule has 6 heteroatoms. The molecule has 0 amide bonds. The normalized spacial score (nSPS) is 10.3. The van der Waals surface area contributed by atoms with Gasteiger partial charge in [-0.2, -0.15) is 9.13 Å². The highest BCUT2D eigenvalue weighted by Gasteiger charge is 2.18. The minimum absolute atomic E-state index is 1.26. The van der Waals surface area contributed by atoms with E-state index >= 15 is 0 Å². The number of nitrogens with zero attached hydrogens (tertiary/aromatic N) is 6. The molecule has 12 rings (SSSR count). The van der Waals surface area contributed by atoms with Crippen molar-refractivity contribution in [3.63, 3.8) is 0 Å². The van der Waals surface area contributed by atoms with Crippen LogP contribution in [0.5, 0.6) is 0 Å². The quantitative estimate of drug-likeness (QED) is 0.148. The summed E-state index contributed by atoms with van der Waals surface area (Å²) in [6.45, 7) is 25.7. The standard InChI is InChI=1S/C15H18N.4C14H16N.C13H14N/c1-11-9-10-15(16(4)13(11)3)14-8-6-5-7-12(14)2;1-11-7-4-5-9-13(11)14-12(2)8-6-10-15(14)3;1-11-7-4-5-9-13(11)14-10-6-8-12(2)15(14)3;1-11-8-9-15(3)14(10-11)13-7-5-4-6-12(13)2;1-11-8-9-14(15(3)10-11)13-7-5-4-6-12(13)2;1-11-7-3-4-8-12(11)13-9-5-6-10-14(13)2/h5-10H,1-4H3;4*4-10H,1-3H3;3-10H,1-2H3/q6*+1. The highest BCUT2D eigenvalue weighted by Crippen LogP contribution is 2.26. The lowest BCUT2D eigenvalue weighted by Crippen LogP contribution is -2.35. The molecule has 6 heterocycles. The zero-order valence-corrected chi connectivity index (χ0v) is 56.9. The van der Waals surface area contributed by atoms with Crippen molar-refractivity contribution in [2.75, 3.05) is 0 Å². The SMILES string of the molecule is Cc1cc[n+](C)c(-c2ccccc2C)c1.Cc1ccc(-c2ccccc2C)[n+](C)c1.Cc1ccccc1-c1c(C)ccc[n+]1C.Cc1ccccc1-c1ccc(C)c(C)[n+]1C.Cc1ccccc1-c1cccc(C)[n+]1C.Cc1ccccc1-c1cccc[n+]1C. The van der Waals surface area contributed by atoms with Gasteiger partial charge in [0.05, 0.1) is 0 Å². The summed E-state index contributed by atoms with van der Waals surface area (Å²) in [6, 6.07) is 80.9. The van der Waals surface area contributed by atoms with Gasteiger partial charge in [-0.3, -0.25) is 0 Å². The van der Waals surface area contributed by atoms with Crippen LogP contribution in [0.25, 0.3) is 67.5 Å². The van der Waals surface area contributed by atoms with Crippen molar-refractivity contribution in [2.45, 2.75) is 83.1 Å². The van der Waals surface area contributed by atoms with Gasteiger partial charge < -0.3 is 0 Å². The van der Waals surface area contributed by atoms with E-state index in [9.17, 15) is 0 Å². The Balaban J connectivity index is 0.000000154. The predicted octanol–water partition coefficient (Wildman–Crippen LogP) is 16.8. The average Bonchev–Trinajstić information content (AvgIpc) is 2.26. The highest BCUT2D eigenvalue weighted by atomic mass is 15.0. The molecule has 0 aliphatic rings. The van der Waals surface area contributed by atoms with Crippen LogP contribution in [-0.4, -0.2) is 0 Å². The molecule has 6 aromatic heterocycles. The molecule has 0 bridgehead atoms. The first-order valence-electron chi connectivity index (χ1n) is 31.3. The molecule has 0 saturated carbocycles. The molecule has 0 N–H and O–H groups in total. The molecule has 0 fully saturated rings. The Hall–Kier alpha value is -9.78. The van der Waals surface area contributed by atoms with Crippen LogP contribution < -0.4 is 27.4 Å². The van der Waals surface area contributed by atoms with Crippen LogP contribution in [0.4, 0.5) is 0 Å². The van der Waals surface area contributed by atoms with Gasteiger partial charge in [-0.25, -0.2) is 18.3 Å². The second-order valence-electron chi connectivity index (χ2n) is 23.8. The van der Waals surface area contributed by atoms with Crippen molar-refractivity contribution in [1.29, 1.82) is 0 Å². The van der Waals surface area contributed by atoms with Gasteiger partial charge in [0.25, 0.3) is 0 Å². The molecule has 0 radical (unpaired) electrons. The third-order valence-corrected chi connectivity index (χ3v) is 16.9. The van der Waals surface area contributed by atoms with Gasteiger partial charge >= 0.3 is 0 Å². The molecule has 0 spiro atoms. The van der Waals surface area contributed by atoms with Gasteiger partial charge in [-0.15, -0.1) is 0 Å². The molecule has 90 heavy (non-hydrogen) atoms. The molecular weight excluding hydrogens is 1090 g/mol. The van der Waals surface area contributed by atoms with Gasteiger partial charge in [-0.05, 0) is 175 Å². The highest BCUT2D eigenvalue weighted by molar-refractivity contribution is 5.65. The van der Waals surface area contributed by atoms with Crippen molar-refractivity contribution in [3.05, 3.63) is 322 Å². The zero-order valence-electron chi connectivity index (χ0n) is 56.9. The smallest absolute Gasteiger partial charge is 0.201 e. The fourth-order valence-electron chi connectivity index (χ4n) is 11.2. The lowest BCUT2D eigenvalue weighted by Gasteiger charge is -2.07. The number of benzene rings is 6. The lowest BCUT2D eigenvalue weighted by molar-refractivity contribution is -0.667. The monoisotopic (exact) mass is 1190 g/mol. The van der Waals surface area contributed by atoms with Gasteiger partial charge in [-0.1, -0.05) is 109 Å². The summed E-state index contributed by atoms with van der Waals surface area (Å²) in [6.07, 6.45) is 8.43. The number of rotatable bonds is 6. The Labute approximate surface area is 539 Å². The maximum atomic E-state index is 2.26. The van der Waals surface area contributed by atoms with Crippen LogP contribution in [-0.2, 0) is 42.3 Å². The van der Waals surface area contributed by atoms with Crippen LogP contribution in [0.15, 0.2) is 255 Å². The number of hydrogen-bond acceptors (Lipinski definition) is 0. The molecule has 0 atom stereocenters. The van der Waals surface area contributed by atoms with E-state index in [2.05, 4.69) is 402 Å². The molecule has 6 nitrogen and oxygen atoms in total. The number of pyridine rings is 6. The molecule has 0 aliphatic heterocycles. The summed E-state index contributed by atoms with van der Waals surface area (Å²) in [7, 11) is 12.6. The molecule has 0 aliphatic carbocycles. The Morgan fingerprint density at radius 1 is 0.222 bits per heavy atom. The first kappa shape index (κ1) is 67.7. The minimum atomic E-state index is 1.26. The first-order chi connectivity index (χ1) is 43.2. The van der Waals surface area contributed by atoms with Crippen molar-refractivity contribution in [2.24, 2.45) is 42.3 Å². The lowest BCUT2D eigenvalue weighted by atomic mass is 10.0. The molecular formula is C84H96N6+6. The second kappa shape index (κ2) is 32.4. The fourth-order valence-corrected chi connectivity index (χ4v) is 11.2. The Morgan fingerprint density at radius 2 is 0.600 bits per heavy atom. The van der Waals surface area contributed by atoms with Crippen LogP contribution in [0, 0.1) is 83.1 Å². The summed E-state index contributed by atoms with van der Waals surface area (Å²) in [5.74, 6) is 0. The fraction of sp³-hybridized carbons (Fsp3) is 0.214. The van der Waals surface area contributed by atoms with Crippen molar-refractivity contribution in [1.82, 2.24) is 0 Å². The van der Waals surface area contributed by atoms with E-state index in [0.29, 0.717) is 0 Å². The van der Waals surface area contributed by atoms with E-state index in [0.717, 1.165) is 0 Å². The van der Waals surface area contributed by atoms with E-state index in [4.69, 9.17) is 0 Å². The van der Waals surface area contributed by atoms with Crippen molar-refractivity contribution in [3.8, 4) is 67.5 Å². The summed E-state index contributed by atoms with van der Waals surface area (Å²) in [5, 5.41) is 0. The Bertz CT molecular complexity index is 4250. The first-order valence-corrected chi connectivity index (χ1v) is 31.3. The number of aryl methyl sites for hydroxylation is 15. The topological polar surface area (TPSA) is 23.3 Å². The van der Waals surface area contributed by atoms with E-state index < -0.39 is 0 Å². The largest absolute Gasteiger partial charge is 0.215 e. The summed E-state index contributed by atoms with van der Waals surface area (Å²) in [5.41, 5.74) is 31.2. The zero-order chi connectivity index (χ0) is 65.0. The molecule has 6 aromatic carbocycles. The van der Waals surface area contributed by atoms with Gasteiger partial charge in [0.15, 0.2) is 36.2 Å². The summed E-state index contributed by atoms with van der Waals surface area (Å²) < 4.78 is 13.1. The maximum Gasteiger partial charge on any atom is 0.215 e. The van der Waals surface area contributed by atoms with Crippen molar-refractivity contribution >= 4 is 0 Å². The summed E-state index contributed by atoms with van der Waals surface area (Å²) >= 11 is 0. The Kier molecular flexibility index (Phi) is 24.4. The van der Waals surface area contributed by atoms with Crippen LogP contribution in [0.2, 0.25) is 0 Å². The van der Waals surface area contributed by atoms with E-state index in [-0.39, 0.29) is 0 Å². The van der Waals surface area contributed by atoms with E-state index in [1.807, 2.05) is 6.07 Å².